The average molecular weight is 422 g/mol. The molecule has 0 aliphatic carbocycles. The van der Waals surface area contributed by atoms with E-state index in [0.29, 0.717) is 5.56 Å². The highest BCUT2D eigenvalue weighted by Crippen LogP contribution is 2.30. The minimum absolute atomic E-state index is 0.0642. The molecule has 162 valence electrons. The highest BCUT2D eigenvalue weighted by Gasteiger charge is 2.20. The van der Waals surface area contributed by atoms with Gasteiger partial charge in [0.2, 0.25) is 0 Å². The molecule has 2 aromatic rings. The van der Waals surface area contributed by atoms with Crippen LogP contribution in [0.2, 0.25) is 0 Å². The van der Waals surface area contributed by atoms with Crippen molar-refractivity contribution in [3.63, 3.8) is 0 Å². The van der Waals surface area contributed by atoms with Crippen LogP contribution in [0.15, 0.2) is 54.1 Å². The van der Waals surface area contributed by atoms with Gasteiger partial charge in [-0.05, 0) is 57.0 Å². The minimum atomic E-state index is -0.860. The van der Waals surface area contributed by atoms with Gasteiger partial charge in [0.1, 0.15) is 17.2 Å². The number of nitrogens with one attached hydrogen (secondary N) is 1. The molecule has 0 aliphatic rings. The predicted octanol–water partition coefficient (Wildman–Crippen LogP) is 4.79. The summed E-state index contributed by atoms with van der Waals surface area (Å²) >= 11 is 0. The third kappa shape index (κ3) is 7.19. The fourth-order valence-electron chi connectivity index (χ4n) is 2.63. The van der Waals surface area contributed by atoms with Gasteiger partial charge in [-0.25, -0.2) is 4.79 Å². The Hall–Kier alpha value is -3.79. The van der Waals surface area contributed by atoms with Gasteiger partial charge >= 0.3 is 6.16 Å². The molecule has 0 saturated heterocycles. The molecular weight excluding hydrogens is 396 g/mol. The van der Waals surface area contributed by atoms with Crippen LogP contribution in [0.1, 0.15) is 44.9 Å². The zero-order chi connectivity index (χ0) is 23.0. The fraction of sp³-hybridized carbons (Fsp3) is 0.292. The molecule has 1 atom stereocenters. The molecule has 0 fully saturated rings. The molecule has 31 heavy (non-hydrogen) atoms. The number of carbonyl (C=O) groups is 2. The van der Waals surface area contributed by atoms with Crippen LogP contribution in [0.25, 0.3) is 6.08 Å². The smallest absolute Gasteiger partial charge is 0.493 e. The van der Waals surface area contributed by atoms with Crippen molar-refractivity contribution >= 4 is 18.1 Å². The Balaban J connectivity index is 2.17. The summed E-state index contributed by atoms with van der Waals surface area (Å²) in [6, 6.07) is 15.8. The summed E-state index contributed by atoms with van der Waals surface area (Å²) in [4.78, 5) is 24.4. The first kappa shape index (κ1) is 23.5. The van der Waals surface area contributed by atoms with E-state index in [-0.39, 0.29) is 23.1 Å². The molecule has 2 aromatic carbocycles. The van der Waals surface area contributed by atoms with Gasteiger partial charge in [0.15, 0.2) is 11.5 Å². The molecule has 7 nitrogen and oxygen atoms in total. The zero-order valence-corrected chi connectivity index (χ0v) is 18.3. The second-order valence-electron chi connectivity index (χ2n) is 7.75. The SMILES string of the molecule is COc1cc(/C=C(\C#N)C(=O)N[C@H](C)c2ccccc2)ccc1OC(=O)OC(C)(C)C. The third-order valence-corrected chi connectivity index (χ3v) is 4.09. The van der Waals surface area contributed by atoms with Gasteiger partial charge in [0.05, 0.1) is 13.2 Å². The molecular formula is C24H26N2O5. The highest BCUT2D eigenvalue weighted by molar-refractivity contribution is 6.01. The lowest BCUT2D eigenvalue weighted by molar-refractivity contribution is -0.117. The number of ether oxygens (including phenoxy) is 3. The van der Waals surface area contributed by atoms with E-state index in [1.165, 1.54) is 19.3 Å². The first-order chi connectivity index (χ1) is 14.6. The quantitative estimate of drug-likeness (QED) is 0.311. The number of carbonyl (C=O) groups excluding carboxylic acids is 2. The van der Waals surface area contributed by atoms with E-state index in [2.05, 4.69) is 5.32 Å². The molecule has 0 unspecified atom stereocenters. The molecule has 0 bridgehead atoms. The van der Waals surface area contributed by atoms with Crippen LogP contribution in [-0.2, 0) is 9.53 Å². The van der Waals surface area contributed by atoms with Crippen LogP contribution >= 0.6 is 0 Å². The normalized spacial score (nSPS) is 12.3. The van der Waals surface area contributed by atoms with Crippen LogP contribution in [0.3, 0.4) is 0 Å². The van der Waals surface area contributed by atoms with Crippen molar-refractivity contribution in [2.24, 2.45) is 0 Å². The molecule has 0 heterocycles. The molecule has 1 N–H and O–H groups in total. The molecule has 7 heteroatoms. The molecule has 2 rings (SSSR count). The van der Waals surface area contributed by atoms with Gasteiger partial charge in [-0.1, -0.05) is 36.4 Å². The van der Waals surface area contributed by atoms with Gasteiger partial charge in [0.25, 0.3) is 5.91 Å². The summed E-state index contributed by atoms with van der Waals surface area (Å²) in [5.74, 6) is -0.0728. The summed E-state index contributed by atoms with van der Waals surface area (Å²) in [6.45, 7) is 7.03. The molecule has 0 aliphatic heterocycles. The molecule has 0 spiro atoms. The number of hydrogen-bond acceptors (Lipinski definition) is 6. The molecule has 0 saturated carbocycles. The summed E-state index contributed by atoms with van der Waals surface area (Å²) in [5, 5.41) is 12.3. The fourth-order valence-corrected chi connectivity index (χ4v) is 2.63. The van der Waals surface area contributed by atoms with Crippen molar-refractivity contribution in [3.05, 3.63) is 65.2 Å². The van der Waals surface area contributed by atoms with E-state index < -0.39 is 17.7 Å². The minimum Gasteiger partial charge on any atom is -0.493 e. The van der Waals surface area contributed by atoms with E-state index in [4.69, 9.17) is 14.2 Å². The largest absolute Gasteiger partial charge is 0.514 e. The zero-order valence-electron chi connectivity index (χ0n) is 18.3. The summed E-state index contributed by atoms with van der Waals surface area (Å²) in [5.41, 5.74) is 0.704. The number of amides is 1. The van der Waals surface area contributed by atoms with E-state index in [9.17, 15) is 14.9 Å². The average Bonchev–Trinajstić information content (AvgIpc) is 2.71. The maximum atomic E-state index is 12.5. The van der Waals surface area contributed by atoms with E-state index >= 15 is 0 Å². The van der Waals surface area contributed by atoms with Crippen LogP contribution < -0.4 is 14.8 Å². The van der Waals surface area contributed by atoms with E-state index in [0.717, 1.165) is 5.56 Å². The Morgan fingerprint density at radius 1 is 1.10 bits per heavy atom. The second kappa shape index (κ2) is 10.3. The Bertz CT molecular complexity index is 1000. The van der Waals surface area contributed by atoms with Gasteiger partial charge in [-0.3, -0.25) is 4.79 Å². The Labute approximate surface area is 182 Å². The van der Waals surface area contributed by atoms with Gasteiger partial charge in [-0.2, -0.15) is 5.26 Å². The predicted molar refractivity (Wildman–Crippen MR) is 116 cm³/mol. The van der Waals surface area contributed by atoms with Crippen LogP contribution in [0.4, 0.5) is 4.79 Å². The lowest BCUT2D eigenvalue weighted by Crippen LogP contribution is -2.27. The number of hydrogen-bond donors (Lipinski definition) is 1. The Morgan fingerprint density at radius 2 is 1.77 bits per heavy atom. The lowest BCUT2D eigenvalue weighted by Gasteiger charge is -2.19. The van der Waals surface area contributed by atoms with Crippen molar-refractivity contribution < 1.29 is 23.8 Å². The maximum Gasteiger partial charge on any atom is 0.514 e. The monoisotopic (exact) mass is 422 g/mol. The summed E-state index contributed by atoms with van der Waals surface area (Å²) < 4.78 is 15.6. The molecule has 0 aromatic heterocycles. The molecule has 1 amide bonds. The van der Waals surface area contributed by atoms with Crippen molar-refractivity contribution in [2.45, 2.75) is 39.3 Å². The van der Waals surface area contributed by atoms with Crippen LogP contribution in [0, 0.1) is 11.3 Å². The third-order valence-electron chi connectivity index (χ3n) is 4.09. The van der Waals surface area contributed by atoms with Gasteiger partial charge in [0, 0.05) is 0 Å². The Morgan fingerprint density at radius 3 is 2.35 bits per heavy atom. The van der Waals surface area contributed by atoms with Crippen molar-refractivity contribution in [3.8, 4) is 17.6 Å². The topological polar surface area (TPSA) is 97.6 Å². The highest BCUT2D eigenvalue weighted by atomic mass is 16.7. The number of methoxy groups -OCH3 is 1. The van der Waals surface area contributed by atoms with Crippen molar-refractivity contribution in [1.29, 1.82) is 5.26 Å². The number of nitrogens with zero attached hydrogens (tertiary/aromatic N) is 1. The number of benzene rings is 2. The van der Waals surface area contributed by atoms with Crippen LogP contribution in [-0.4, -0.2) is 24.8 Å². The summed E-state index contributed by atoms with van der Waals surface area (Å²) in [6.07, 6.45) is 0.577. The summed E-state index contributed by atoms with van der Waals surface area (Å²) in [7, 11) is 1.42. The van der Waals surface area contributed by atoms with Gasteiger partial charge < -0.3 is 19.5 Å². The van der Waals surface area contributed by atoms with E-state index in [1.54, 1.807) is 32.9 Å². The van der Waals surface area contributed by atoms with E-state index in [1.807, 2.05) is 43.3 Å². The van der Waals surface area contributed by atoms with Gasteiger partial charge in [-0.15, -0.1) is 0 Å². The Kier molecular flexibility index (Phi) is 7.81. The maximum absolute atomic E-state index is 12.5. The first-order valence-corrected chi connectivity index (χ1v) is 9.69. The van der Waals surface area contributed by atoms with Crippen molar-refractivity contribution in [2.75, 3.05) is 7.11 Å². The van der Waals surface area contributed by atoms with Crippen molar-refractivity contribution in [1.82, 2.24) is 5.32 Å². The van der Waals surface area contributed by atoms with Crippen LogP contribution in [0.5, 0.6) is 11.5 Å². The number of nitriles is 1. The number of rotatable bonds is 6. The second-order valence-corrected chi connectivity index (χ2v) is 7.75. The molecule has 0 radical (unpaired) electrons. The lowest BCUT2D eigenvalue weighted by atomic mass is 10.1. The first-order valence-electron chi connectivity index (χ1n) is 9.69. The standard InChI is InChI=1S/C24H26N2O5/c1-16(18-9-7-6-8-10-18)26-22(27)19(15-25)13-17-11-12-20(21(14-17)29-5)30-23(28)31-24(2,3)4/h6-14,16H,1-5H3,(H,26,27)/b19-13+/t16-/m1/s1.